The van der Waals surface area contributed by atoms with Crippen LogP contribution in [0, 0.1) is 0 Å². The topological polar surface area (TPSA) is 86.6 Å². The van der Waals surface area contributed by atoms with Crippen LogP contribution in [0.2, 0.25) is 0 Å². The van der Waals surface area contributed by atoms with Crippen LogP contribution in [-0.2, 0) is 6.18 Å². The number of nitrogens with one attached hydrogen (secondary N) is 1. The number of hydrogen-bond donors (Lipinski definition) is 3. The first-order chi connectivity index (χ1) is 15.5. The van der Waals surface area contributed by atoms with Gasteiger partial charge < -0.3 is 15.5 Å². The predicted octanol–water partition coefficient (Wildman–Crippen LogP) is 6.43. The molecule has 0 spiro atoms. The maximum absolute atomic E-state index is 12.5. The molecule has 0 aromatic heterocycles. The van der Waals surface area contributed by atoms with Crippen molar-refractivity contribution in [2.75, 3.05) is 0 Å². The molecule has 0 unspecified atom stereocenters. The van der Waals surface area contributed by atoms with Gasteiger partial charge in [-0.1, -0.05) is 54.6 Å². The van der Waals surface area contributed by atoms with Crippen LogP contribution in [0.15, 0.2) is 78.9 Å². The average Bonchev–Trinajstić information content (AvgIpc) is 2.79. The van der Waals surface area contributed by atoms with E-state index in [0.717, 1.165) is 23.3 Å². The summed E-state index contributed by atoms with van der Waals surface area (Å²) in [6, 6.07) is 20.8. The van der Waals surface area contributed by atoms with Crippen LogP contribution in [0.1, 0.15) is 63.3 Å². The van der Waals surface area contributed by atoms with Crippen LogP contribution in [0.5, 0.6) is 0 Å². The number of benzene rings is 3. The summed E-state index contributed by atoms with van der Waals surface area (Å²) in [4.78, 5) is 20.9. The molecule has 0 heterocycles. The Morgan fingerprint density at radius 2 is 1.06 bits per heavy atom. The maximum Gasteiger partial charge on any atom is 0.416 e. The van der Waals surface area contributed by atoms with Gasteiger partial charge in [-0.3, -0.25) is 0 Å². The van der Waals surface area contributed by atoms with Gasteiger partial charge in [0.2, 0.25) is 0 Å². The zero-order chi connectivity index (χ0) is 24.6. The molecule has 10 heteroatoms. The lowest BCUT2D eigenvalue weighted by atomic mass is 10.0. The Balaban J connectivity index is 0.000000712. The second-order valence-electron chi connectivity index (χ2n) is 7.30. The van der Waals surface area contributed by atoms with E-state index in [4.69, 9.17) is 10.2 Å². The highest BCUT2D eigenvalue weighted by atomic mass is 32.1. The summed E-state index contributed by atoms with van der Waals surface area (Å²) in [7, 11) is 0. The number of rotatable bonds is 6. The van der Waals surface area contributed by atoms with Crippen LogP contribution in [-0.4, -0.2) is 22.2 Å². The van der Waals surface area contributed by atoms with Gasteiger partial charge in [-0.05, 0) is 49.2 Å². The van der Waals surface area contributed by atoms with Gasteiger partial charge >= 0.3 is 18.1 Å². The summed E-state index contributed by atoms with van der Waals surface area (Å²) in [5, 5.41) is 20.5. The van der Waals surface area contributed by atoms with E-state index in [2.05, 4.69) is 5.32 Å². The molecule has 0 aliphatic heterocycles. The molecule has 3 rings (SSSR count). The molecule has 3 aromatic carbocycles. The lowest BCUT2D eigenvalue weighted by Crippen LogP contribution is -2.22. The summed E-state index contributed by atoms with van der Waals surface area (Å²) in [5.41, 5.74) is 0.992. The van der Waals surface area contributed by atoms with E-state index in [0.29, 0.717) is 0 Å². The van der Waals surface area contributed by atoms with Crippen molar-refractivity contribution in [2.24, 2.45) is 0 Å². The van der Waals surface area contributed by atoms with Crippen molar-refractivity contribution in [3.05, 3.63) is 107 Å². The summed E-state index contributed by atoms with van der Waals surface area (Å²) >= 11 is 0. The summed E-state index contributed by atoms with van der Waals surface area (Å²) in [6.45, 7) is 3.98. The molecule has 2 atom stereocenters. The molecule has 0 amide bonds. The van der Waals surface area contributed by atoms with Crippen molar-refractivity contribution >= 4 is 38.9 Å². The molecule has 3 N–H and O–H groups in total. The molecule has 0 saturated heterocycles. The van der Waals surface area contributed by atoms with Crippen molar-refractivity contribution in [3.63, 3.8) is 0 Å². The Kier molecular flexibility index (Phi) is 13.2. The smallest absolute Gasteiger partial charge is 0.416 e. The standard InChI is InChI=1S/C17H18F3N.C8H6O4.2H2S/c1-12(14-6-4-3-5-7-14)21-13(2)15-8-10-16(11-9-15)17(18,19)20;9-7(10)5-3-1-2-4-6(5)8(11)12;;/h3-13,21H,1-2H3;1-4H,(H,9,10)(H,11,12);2*1H2/t12-,13-;;;/m0.../s1. The Bertz CT molecular complexity index is 1050. The minimum atomic E-state index is -4.29. The molecule has 0 fully saturated rings. The predicted molar refractivity (Wildman–Crippen MR) is 139 cm³/mol. The third-order valence-corrected chi connectivity index (χ3v) is 4.93. The second kappa shape index (κ2) is 14.4. The Morgan fingerprint density at radius 3 is 1.43 bits per heavy atom. The van der Waals surface area contributed by atoms with Gasteiger partial charge in [0, 0.05) is 12.1 Å². The van der Waals surface area contributed by atoms with Gasteiger partial charge in [0.05, 0.1) is 16.7 Å². The molecule has 0 aliphatic rings. The average molecular weight is 528 g/mol. The quantitative estimate of drug-likeness (QED) is 0.344. The van der Waals surface area contributed by atoms with Crippen molar-refractivity contribution in [3.8, 4) is 0 Å². The van der Waals surface area contributed by atoms with E-state index in [1.165, 1.54) is 36.4 Å². The first-order valence-electron chi connectivity index (χ1n) is 10.0. The van der Waals surface area contributed by atoms with Gasteiger partial charge in [-0.25, -0.2) is 9.59 Å². The molecule has 0 saturated carbocycles. The largest absolute Gasteiger partial charge is 0.478 e. The van der Waals surface area contributed by atoms with Gasteiger partial charge in [0.1, 0.15) is 0 Å². The van der Waals surface area contributed by atoms with Crippen molar-refractivity contribution in [2.45, 2.75) is 32.1 Å². The fraction of sp³-hybridized carbons (Fsp3) is 0.200. The van der Waals surface area contributed by atoms with Gasteiger partial charge in [0.15, 0.2) is 0 Å². The molecule has 190 valence electrons. The first kappa shape index (κ1) is 32.0. The Hall–Kier alpha value is -2.95. The number of carboxylic acid groups (broad SMARTS) is 2. The van der Waals surface area contributed by atoms with Crippen LogP contribution >= 0.6 is 27.0 Å². The normalized spacial score (nSPS) is 12.0. The molecule has 0 radical (unpaired) electrons. The number of hydrogen-bond acceptors (Lipinski definition) is 3. The number of aromatic carboxylic acids is 2. The molecule has 0 bridgehead atoms. The summed E-state index contributed by atoms with van der Waals surface area (Å²) in [5.74, 6) is -2.46. The molecule has 35 heavy (non-hydrogen) atoms. The van der Waals surface area contributed by atoms with Crippen LogP contribution in [0.3, 0.4) is 0 Å². The second-order valence-corrected chi connectivity index (χ2v) is 7.30. The highest BCUT2D eigenvalue weighted by Gasteiger charge is 2.30. The van der Waals surface area contributed by atoms with Gasteiger partial charge in [0.25, 0.3) is 0 Å². The SMILES string of the molecule is C[C@H](N[C@@H](C)c1ccc(C(F)(F)F)cc1)c1ccccc1.O=C(O)c1ccccc1C(=O)O.S.S. The number of halogens is 3. The van der Waals surface area contributed by atoms with Crippen molar-refractivity contribution in [1.82, 2.24) is 5.32 Å². The fourth-order valence-electron chi connectivity index (χ4n) is 3.13. The minimum Gasteiger partial charge on any atom is -0.478 e. The monoisotopic (exact) mass is 527 g/mol. The first-order valence-corrected chi connectivity index (χ1v) is 10.0. The van der Waals surface area contributed by atoms with Crippen molar-refractivity contribution < 1.29 is 33.0 Å². The molecule has 5 nitrogen and oxygen atoms in total. The fourth-order valence-corrected chi connectivity index (χ4v) is 3.13. The Morgan fingerprint density at radius 1 is 0.686 bits per heavy atom. The molecule has 3 aromatic rings. The number of carboxylic acids is 2. The molecule has 0 aliphatic carbocycles. The number of alkyl halides is 3. The zero-order valence-electron chi connectivity index (χ0n) is 19.0. The van der Waals surface area contributed by atoms with Gasteiger partial charge in [-0.2, -0.15) is 40.2 Å². The van der Waals surface area contributed by atoms with Crippen LogP contribution in [0.4, 0.5) is 13.2 Å². The maximum atomic E-state index is 12.5. The molecular weight excluding hydrogens is 499 g/mol. The number of carbonyl (C=O) groups is 2. The lowest BCUT2D eigenvalue weighted by molar-refractivity contribution is -0.137. The van der Waals surface area contributed by atoms with Crippen molar-refractivity contribution in [1.29, 1.82) is 0 Å². The van der Waals surface area contributed by atoms with Crippen LogP contribution in [0.25, 0.3) is 0 Å². The van der Waals surface area contributed by atoms with E-state index in [1.54, 1.807) is 0 Å². The Labute approximate surface area is 215 Å². The van der Waals surface area contributed by atoms with E-state index in [-0.39, 0.29) is 50.2 Å². The van der Waals surface area contributed by atoms with E-state index < -0.39 is 23.7 Å². The third-order valence-electron chi connectivity index (χ3n) is 4.93. The van der Waals surface area contributed by atoms with Gasteiger partial charge in [-0.15, -0.1) is 0 Å². The highest BCUT2D eigenvalue weighted by Crippen LogP contribution is 2.30. The minimum absolute atomic E-state index is 0. The third kappa shape index (κ3) is 9.67. The van der Waals surface area contributed by atoms with E-state index >= 15 is 0 Å². The van der Waals surface area contributed by atoms with Crippen LogP contribution < -0.4 is 5.32 Å². The highest BCUT2D eigenvalue weighted by molar-refractivity contribution is 7.59. The van der Waals surface area contributed by atoms with E-state index in [1.807, 2.05) is 44.2 Å². The molecular formula is C25H28F3NO4S2. The van der Waals surface area contributed by atoms with E-state index in [9.17, 15) is 22.8 Å². The summed E-state index contributed by atoms with van der Waals surface area (Å²) in [6.07, 6.45) is -4.29. The lowest BCUT2D eigenvalue weighted by Gasteiger charge is -2.21. The zero-order valence-corrected chi connectivity index (χ0v) is 21.0. The summed E-state index contributed by atoms with van der Waals surface area (Å²) < 4.78 is 37.6.